The van der Waals surface area contributed by atoms with E-state index in [1.165, 1.54) is 25.7 Å². The first-order valence-electron chi connectivity index (χ1n) is 6.90. The summed E-state index contributed by atoms with van der Waals surface area (Å²) in [4.78, 5) is 0. The molecule has 0 saturated carbocycles. The van der Waals surface area contributed by atoms with Crippen molar-refractivity contribution in [2.75, 3.05) is 13.2 Å². The molecule has 16 heavy (non-hydrogen) atoms. The molecule has 0 fully saturated rings. The predicted molar refractivity (Wildman–Crippen MR) is 71.7 cm³/mol. The Hall–Kier alpha value is -0.0800. The van der Waals surface area contributed by atoms with Crippen molar-refractivity contribution in [2.45, 2.75) is 72.3 Å². The summed E-state index contributed by atoms with van der Waals surface area (Å²) in [6, 6.07) is 0.684. The van der Waals surface area contributed by atoms with Crippen LogP contribution in [-0.4, -0.2) is 24.3 Å². The Morgan fingerprint density at radius 1 is 1.12 bits per heavy atom. The van der Waals surface area contributed by atoms with E-state index in [2.05, 4.69) is 33.0 Å². The Bertz CT molecular complexity index is 151. The zero-order chi connectivity index (χ0) is 12.4. The van der Waals surface area contributed by atoms with E-state index in [4.69, 9.17) is 5.11 Å². The molecule has 0 aliphatic rings. The minimum absolute atomic E-state index is 0.308. The molecule has 98 valence electrons. The highest BCUT2D eigenvalue weighted by Gasteiger charge is 2.18. The normalized spacial score (nSPS) is 12.4. The Morgan fingerprint density at radius 2 is 1.69 bits per heavy atom. The molecule has 0 aromatic rings. The average molecular weight is 229 g/mol. The number of aliphatic hydroxyl groups is 1. The van der Waals surface area contributed by atoms with Crippen molar-refractivity contribution in [3.63, 3.8) is 0 Å². The SMILES string of the molecule is CCCC(CCC)NCC(C)(C)CCCO. The number of nitrogens with one attached hydrogen (secondary N) is 1. The summed E-state index contributed by atoms with van der Waals surface area (Å²) in [5.41, 5.74) is 0.308. The molecule has 0 unspecified atom stereocenters. The Balaban J connectivity index is 3.87. The maximum Gasteiger partial charge on any atom is 0.0431 e. The first-order valence-corrected chi connectivity index (χ1v) is 6.90. The zero-order valence-electron chi connectivity index (χ0n) is 11.7. The van der Waals surface area contributed by atoms with Crippen molar-refractivity contribution < 1.29 is 5.11 Å². The number of hydrogen-bond acceptors (Lipinski definition) is 2. The van der Waals surface area contributed by atoms with E-state index >= 15 is 0 Å². The number of rotatable bonds is 10. The van der Waals surface area contributed by atoms with Crippen LogP contribution in [0.4, 0.5) is 0 Å². The summed E-state index contributed by atoms with van der Waals surface area (Å²) < 4.78 is 0. The number of aliphatic hydroxyl groups excluding tert-OH is 1. The van der Waals surface area contributed by atoms with Gasteiger partial charge in [0.15, 0.2) is 0 Å². The minimum atomic E-state index is 0.308. The van der Waals surface area contributed by atoms with E-state index in [0.29, 0.717) is 18.1 Å². The van der Waals surface area contributed by atoms with Crippen molar-refractivity contribution in [2.24, 2.45) is 5.41 Å². The van der Waals surface area contributed by atoms with Crippen LogP contribution in [0.2, 0.25) is 0 Å². The van der Waals surface area contributed by atoms with Crippen molar-refractivity contribution in [3.8, 4) is 0 Å². The molecule has 2 N–H and O–H groups in total. The van der Waals surface area contributed by atoms with Crippen molar-refractivity contribution >= 4 is 0 Å². The molecule has 0 bridgehead atoms. The number of hydrogen-bond donors (Lipinski definition) is 2. The van der Waals surface area contributed by atoms with Crippen molar-refractivity contribution in [1.29, 1.82) is 0 Å². The highest BCUT2D eigenvalue weighted by molar-refractivity contribution is 4.75. The molecule has 0 atom stereocenters. The van der Waals surface area contributed by atoms with E-state index in [1.807, 2.05) is 0 Å². The van der Waals surface area contributed by atoms with E-state index in [1.54, 1.807) is 0 Å². The van der Waals surface area contributed by atoms with Gasteiger partial charge in [0.05, 0.1) is 0 Å². The Morgan fingerprint density at radius 3 is 2.12 bits per heavy atom. The molecule has 0 aliphatic heterocycles. The lowest BCUT2D eigenvalue weighted by Crippen LogP contribution is -2.37. The van der Waals surface area contributed by atoms with Crippen LogP contribution in [0.1, 0.15) is 66.2 Å². The average Bonchev–Trinajstić information content (AvgIpc) is 2.24. The molecule has 0 spiro atoms. The van der Waals surface area contributed by atoms with Gasteiger partial charge in [0.2, 0.25) is 0 Å². The van der Waals surface area contributed by atoms with Gasteiger partial charge < -0.3 is 10.4 Å². The van der Waals surface area contributed by atoms with E-state index in [0.717, 1.165) is 19.4 Å². The lowest BCUT2D eigenvalue weighted by Gasteiger charge is -2.28. The molecular formula is C14H31NO. The molecule has 0 rings (SSSR count). The van der Waals surface area contributed by atoms with Gasteiger partial charge in [0.25, 0.3) is 0 Å². The molecule has 0 saturated heterocycles. The first-order chi connectivity index (χ1) is 7.55. The summed E-state index contributed by atoms with van der Waals surface area (Å²) in [5.74, 6) is 0. The smallest absolute Gasteiger partial charge is 0.0431 e. The van der Waals surface area contributed by atoms with E-state index in [-0.39, 0.29) is 0 Å². The van der Waals surface area contributed by atoms with Gasteiger partial charge in [-0.2, -0.15) is 0 Å². The van der Waals surface area contributed by atoms with Gasteiger partial charge in [0, 0.05) is 19.2 Å². The highest BCUT2D eigenvalue weighted by atomic mass is 16.2. The fourth-order valence-corrected chi connectivity index (χ4v) is 2.11. The second-order valence-corrected chi connectivity index (χ2v) is 5.65. The van der Waals surface area contributed by atoms with Crippen LogP contribution < -0.4 is 5.32 Å². The maximum atomic E-state index is 8.86. The second-order valence-electron chi connectivity index (χ2n) is 5.65. The largest absolute Gasteiger partial charge is 0.396 e. The standard InChI is InChI=1S/C14H31NO/c1-5-8-13(9-6-2)15-12-14(3,4)10-7-11-16/h13,15-16H,5-12H2,1-4H3. The molecule has 0 amide bonds. The van der Waals surface area contributed by atoms with Gasteiger partial charge in [-0.15, -0.1) is 0 Å². The molecule has 0 aromatic heterocycles. The monoisotopic (exact) mass is 229 g/mol. The van der Waals surface area contributed by atoms with Gasteiger partial charge in [-0.1, -0.05) is 40.5 Å². The minimum Gasteiger partial charge on any atom is -0.396 e. The summed E-state index contributed by atoms with van der Waals surface area (Å²) in [6.07, 6.45) is 7.10. The maximum absolute atomic E-state index is 8.86. The third kappa shape index (κ3) is 8.12. The van der Waals surface area contributed by atoms with Crippen LogP contribution in [0, 0.1) is 5.41 Å². The van der Waals surface area contributed by atoms with Gasteiger partial charge in [-0.05, 0) is 31.1 Å². The quantitative estimate of drug-likeness (QED) is 0.602. The van der Waals surface area contributed by atoms with Gasteiger partial charge in [-0.25, -0.2) is 0 Å². The predicted octanol–water partition coefficient (Wildman–Crippen LogP) is 3.34. The molecule has 2 nitrogen and oxygen atoms in total. The molecule has 0 radical (unpaired) electrons. The van der Waals surface area contributed by atoms with Crippen LogP contribution in [0.5, 0.6) is 0 Å². The summed E-state index contributed by atoms with van der Waals surface area (Å²) in [5, 5.41) is 12.5. The Kier molecular flexibility index (Phi) is 8.96. The van der Waals surface area contributed by atoms with E-state index in [9.17, 15) is 0 Å². The fraction of sp³-hybridized carbons (Fsp3) is 1.00. The highest BCUT2D eigenvalue weighted by Crippen LogP contribution is 2.21. The lowest BCUT2D eigenvalue weighted by molar-refractivity contribution is 0.229. The molecule has 2 heteroatoms. The van der Waals surface area contributed by atoms with Crippen LogP contribution in [0.25, 0.3) is 0 Å². The fourth-order valence-electron chi connectivity index (χ4n) is 2.11. The summed E-state index contributed by atoms with van der Waals surface area (Å²) >= 11 is 0. The Labute approximate surface area is 102 Å². The molecule has 0 heterocycles. The second kappa shape index (κ2) is 9.00. The van der Waals surface area contributed by atoms with Gasteiger partial charge in [0.1, 0.15) is 0 Å². The van der Waals surface area contributed by atoms with Crippen LogP contribution in [-0.2, 0) is 0 Å². The van der Waals surface area contributed by atoms with Gasteiger partial charge >= 0.3 is 0 Å². The van der Waals surface area contributed by atoms with Gasteiger partial charge in [-0.3, -0.25) is 0 Å². The third-order valence-corrected chi connectivity index (χ3v) is 3.16. The molecule has 0 aliphatic carbocycles. The van der Waals surface area contributed by atoms with Crippen LogP contribution in [0.15, 0.2) is 0 Å². The molecular weight excluding hydrogens is 198 g/mol. The topological polar surface area (TPSA) is 32.3 Å². The van der Waals surface area contributed by atoms with E-state index < -0.39 is 0 Å². The van der Waals surface area contributed by atoms with Crippen LogP contribution in [0.3, 0.4) is 0 Å². The van der Waals surface area contributed by atoms with Crippen LogP contribution >= 0.6 is 0 Å². The first kappa shape index (κ1) is 15.9. The molecule has 0 aromatic carbocycles. The summed E-state index contributed by atoms with van der Waals surface area (Å²) in [6.45, 7) is 10.5. The van der Waals surface area contributed by atoms with Crippen molar-refractivity contribution in [1.82, 2.24) is 5.32 Å². The zero-order valence-corrected chi connectivity index (χ0v) is 11.7. The third-order valence-electron chi connectivity index (χ3n) is 3.16. The van der Waals surface area contributed by atoms with Crippen molar-refractivity contribution in [3.05, 3.63) is 0 Å². The lowest BCUT2D eigenvalue weighted by atomic mass is 9.87. The summed E-state index contributed by atoms with van der Waals surface area (Å²) in [7, 11) is 0.